The minimum Gasteiger partial charge on any atom is -0.291 e. The predicted molar refractivity (Wildman–Crippen MR) is 154 cm³/mol. The average molecular weight is 500 g/mol. The molecule has 3 aromatic heterocycles. The Kier molecular flexibility index (Phi) is 4.05. The number of hydrogen-bond donors (Lipinski definition) is 0. The first-order chi connectivity index (χ1) is 19.3. The van der Waals surface area contributed by atoms with Crippen LogP contribution in [0.4, 0.5) is 0 Å². The second-order valence-corrected chi connectivity index (χ2v) is 10.2. The van der Waals surface area contributed by atoms with E-state index in [2.05, 4.69) is 113 Å². The Balaban J connectivity index is 1.29. The van der Waals surface area contributed by atoms with Crippen LogP contribution in [0.2, 0.25) is 0 Å². The van der Waals surface area contributed by atoms with Gasteiger partial charge in [-0.25, -0.2) is 9.97 Å². The van der Waals surface area contributed by atoms with Gasteiger partial charge in [0.25, 0.3) is 0 Å². The van der Waals surface area contributed by atoms with Gasteiger partial charge in [-0.05, 0) is 45.5 Å². The fourth-order valence-corrected chi connectivity index (χ4v) is 6.29. The van der Waals surface area contributed by atoms with Crippen LogP contribution < -0.4 is 0 Å². The van der Waals surface area contributed by atoms with Crippen molar-refractivity contribution in [2.75, 3.05) is 0 Å². The van der Waals surface area contributed by atoms with E-state index in [0.717, 1.165) is 34.7 Å². The number of imidazole rings is 1. The maximum atomic E-state index is 5.10. The summed E-state index contributed by atoms with van der Waals surface area (Å²) < 4.78 is 4.25. The minimum atomic E-state index is 0.651. The normalized spacial score (nSPS) is 12.5. The van der Waals surface area contributed by atoms with Gasteiger partial charge in [0, 0.05) is 41.7 Å². The van der Waals surface area contributed by atoms with Crippen LogP contribution in [0, 0.1) is 0 Å². The molecule has 4 aromatic carbocycles. The number of rotatable bonds is 1. The number of nitrogens with zero attached hydrogens (tertiary/aromatic N) is 5. The third-order valence-corrected chi connectivity index (χ3v) is 8.02. The monoisotopic (exact) mass is 499 g/mol. The number of hydrogen-bond acceptors (Lipinski definition) is 3. The quantitative estimate of drug-likeness (QED) is 0.235. The Hall–Kier alpha value is -5.29. The highest BCUT2D eigenvalue weighted by molar-refractivity contribution is 6.03. The minimum absolute atomic E-state index is 0.651. The third kappa shape index (κ3) is 2.87. The Bertz CT molecular complexity index is 2030. The molecule has 39 heavy (non-hydrogen) atoms. The van der Waals surface area contributed by atoms with Crippen molar-refractivity contribution in [3.8, 4) is 56.3 Å². The molecule has 9 rings (SSSR count). The smallest absolute Gasteiger partial charge is 0.235 e. The standard InChI is InChI=1S/C34H21N5/c1-2-10-23-22(9-1)24-11-3-5-13-26(24)28-19-38(20-29(28)27-14-6-4-12-25(23)27)34-35-18-21-17-32-36-30-15-7-8-16-31(30)39(32)33(21)37-34/h1-16,18-20H,17H2. The number of fused-ring (bicyclic) bond motifs is 13. The average Bonchev–Trinajstić information content (AvgIpc) is 3.68. The molecular weight excluding hydrogens is 478 g/mol. The van der Waals surface area contributed by atoms with Gasteiger partial charge in [-0.3, -0.25) is 9.13 Å². The van der Waals surface area contributed by atoms with E-state index < -0.39 is 0 Å². The number of benzene rings is 4. The molecule has 0 N–H and O–H groups in total. The molecule has 0 atom stereocenters. The van der Waals surface area contributed by atoms with Gasteiger partial charge in [0.2, 0.25) is 5.95 Å². The highest BCUT2D eigenvalue weighted by atomic mass is 15.2. The number of para-hydroxylation sites is 2. The van der Waals surface area contributed by atoms with Crippen LogP contribution in [0.15, 0.2) is 116 Å². The molecule has 0 spiro atoms. The van der Waals surface area contributed by atoms with E-state index in [-0.39, 0.29) is 0 Å². The maximum absolute atomic E-state index is 5.10. The molecule has 0 bridgehead atoms. The van der Waals surface area contributed by atoms with E-state index >= 15 is 0 Å². The van der Waals surface area contributed by atoms with Crippen molar-refractivity contribution in [1.29, 1.82) is 0 Å². The van der Waals surface area contributed by atoms with Gasteiger partial charge in [-0.1, -0.05) is 84.9 Å². The molecule has 0 saturated heterocycles. The lowest BCUT2D eigenvalue weighted by molar-refractivity contribution is 0.906. The van der Waals surface area contributed by atoms with Crippen LogP contribution in [0.5, 0.6) is 0 Å². The molecule has 2 aliphatic rings. The second-order valence-electron chi connectivity index (χ2n) is 10.2. The molecule has 0 amide bonds. The Labute approximate surface area is 224 Å². The highest BCUT2D eigenvalue weighted by Gasteiger charge is 2.27. The molecule has 182 valence electrons. The Morgan fingerprint density at radius 2 is 1.05 bits per heavy atom. The molecule has 0 fully saturated rings. The van der Waals surface area contributed by atoms with Crippen LogP contribution in [0.1, 0.15) is 11.4 Å². The molecule has 4 heterocycles. The van der Waals surface area contributed by atoms with Gasteiger partial charge in [0.1, 0.15) is 11.6 Å². The van der Waals surface area contributed by atoms with E-state index in [4.69, 9.17) is 15.0 Å². The van der Waals surface area contributed by atoms with Crippen LogP contribution in [-0.2, 0) is 6.42 Å². The van der Waals surface area contributed by atoms with Crippen LogP contribution in [-0.4, -0.2) is 24.1 Å². The van der Waals surface area contributed by atoms with Gasteiger partial charge in [-0.15, -0.1) is 0 Å². The molecule has 0 radical (unpaired) electrons. The SMILES string of the molecule is c1ccc2c(c1)-c1ccccc1-c1cn(-c3ncc4c(n3)-n3c(nc5ccccc53)C4)cc1-c1ccccc1-2. The zero-order valence-electron chi connectivity index (χ0n) is 20.9. The van der Waals surface area contributed by atoms with E-state index in [9.17, 15) is 0 Å². The fourth-order valence-electron chi connectivity index (χ4n) is 6.29. The summed E-state index contributed by atoms with van der Waals surface area (Å²) in [5.74, 6) is 2.58. The number of aromatic nitrogens is 5. The zero-order valence-corrected chi connectivity index (χ0v) is 20.9. The Morgan fingerprint density at radius 1 is 0.538 bits per heavy atom. The summed E-state index contributed by atoms with van der Waals surface area (Å²) in [7, 11) is 0. The second kappa shape index (κ2) is 7.62. The molecule has 0 saturated carbocycles. The first kappa shape index (κ1) is 20.7. The van der Waals surface area contributed by atoms with Gasteiger partial charge >= 0.3 is 0 Å². The largest absolute Gasteiger partial charge is 0.291 e. The Morgan fingerprint density at radius 3 is 1.64 bits per heavy atom. The lowest BCUT2D eigenvalue weighted by Gasteiger charge is -2.20. The summed E-state index contributed by atoms with van der Waals surface area (Å²) in [5, 5.41) is 0. The van der Waals surface area contributed by atoms with Crippen molar-refractivity contribution < 1.29 is 0 Å². The van der Waals surface area contributed by atoms with E-state index in [1.807, 2.05) is 12.3 Å². The molecule has 1 aliphatic heterocycles. The van der Waals surface area contributed by atoms with E-state index in [1.165, 1.54) is 44.5 Å². The summed E-state index contributed by atoms with van der Waals surface area (Å²) in [6.07, 6.45) is 7.06. The fraction of sp³-hybridized carbons (Fsp3) is 0.0294. The van der Waals surface area contributed by atoms with Gasteiger partial charge in [0.05, 0.1) is 11.0 Å². The summed E-state index contributed by atoms with van der Waals surface area (Å²) in [6, 6.07) is 34.3. The lowest BCUT2D eigenvalue weighted by atomic mass is 9.82. The van der Waals surface area contributed by atoms with Crippen molar-refractivity contribution in [2.45, 2.75) is 6.42 Å². The van der Waals surface area contributed by atoms with Crippen molar-refractivity contribution >= 4 is 11.0 Å². The third-order valence-electron chi connectivity index (χ3n) is 8.02. The molecule has 0 unspecified atom stereocenters. The molecule has 5 nitrogen and oxygen atoms in total. The van der Waals surface area contributed by atoms with E-state index in [1.54, 1.807) is 0 Å². The summed E-state index contributed by atoms with van der Waals surface area (Å²) in [4.78, 5) is 14.8. The van der Waals surface area contributed by atoms with Crippen molar-refractivity contribution in [2.24, 2.45) is 0 Å². The van der Waals surface area contributed by atoms with Crippen molar-refractivity contribution in [3.05, 3.63) is 127 Å². The summed E-state index contributed by atoms with van der Waals surface area (Å²) >= 11 is 0. The highest BCUT2D eigenvalue weighted by Crippen LogP contribution is 2.48. The summed E-state index contributed by atoms with van der Waals surface area (Å²) in [6.45, 7) is 0. The van der Waals surface area contributed by atoms with Gasteiger partial charge in [0.15, 0.2) is 0 Å². The van der Waals surface area contributed by atoms with Crippen molar-refractivity contribution in [3.63, 3.8) is 0 Å². The lowest BCUT2D eigenvalue weighted by Crippen LogP contribution is -2.03. The maximum Gasteiger partial charge on any atom is 0.235 e. The van der Waals surface area contributed by atoms with Crippen LogP contribution in [0.25, 0.3) is 67.3 Å². The molecular formula is C34H21N5. The van der Waals surface area contributed by atoms with Crippen LogP contribution >= 0.6 is 0 Å². The molecule has 1 aliphatic carbocycles. The van der Waals surface area contributed by atoms with E-state index in [0.29, 0.717) is 5.95 Å². The predicted octanol–water partition coefficient (Wildman–Crippen LogP) is 7.49. The van der Waals surface area contributed by atoms with Gasteiger partial charge in [-0.2, -0.15) is 4.98 Å². The zero-order chi connectivity index (χ0) is 25.5. The first-order valence-electron chi connectivity index (χ1n) is 13.2. The van der Waals surface area contributed by atoms with Gasteiger partial charge < -0.3 is 0 Å². The molecule has 7 aromatic rings. The van der Waals surface area contributed by atoms with Crippen molar-refractivity contribution in [1.82, 2.24) is 24.1 Å². The molecule has 5 heteroatoms. The summed E-state index contributed by atoms with van der Waals surface area (Å²) in [5.41, 5.74) is 12.9. The first-order valence-corrected chi connectivity index (χ1v) is 13.2. The van der Waals surface area contributed by atoms with Crippen LogP contribution in [0.3, 0.4) is 0 Å². The topological polar surface area (TPSA) is 48.5 Å².